The molecule has 222 valence electrons. The van der Waals surface area contributed by atoms with Gasteiger partial charge in [0.05, 0.1) is 28.8 Å². The third-order valence-corrected chi connectivity index (χ3v) is 7.64. The number of benzodiazepines with no additional fused rings is 1. The van der Waals surface area contributed by atoms with Crippen LogP contribution in [0.5, 0.6) is 0 Å². The van der Waals surface area contributed by atoms with E-state index in [0.717, 1.165) is 4.90 Å². The van der Waals surface area contributed by atoms with Crippen LogP contribution in [0.4, 0.5) is 11.4 Å². The zero-order valence-corrected chi connectivity index (χ0v) is 23.6. The molecule has 3 aromatic carbocycles. The highest BCUT2D eigenvalue weighted by molar-refractivity contribution is 7.89. The van der Waals surface area contributed by atoms with E-state index >= 15 is 0 Å². The normalized spacial score (nSPS) is 15.4. The van der Waals surface area contributed by atoms with Crippen molar-refractivity contribution < 1.29 is 37.5 Å². The number of nitrogens with zero attached hydrogens (tertiary/aromatic N) is 2. The maximum Gasteiger partial charge on any atom is 0.305 e. The van der Waals surface area contributed by atoms with Crippen molar-refractivity contribution >= 4 is 57.1 Å². The van der Waals surface area contributed by atoms with Crippen LogP contribution < -0.4 is 20.3 Å². The smallest absolute Gasteiger partial charge is 0.305 e. The molecule has 0 spiro atoms. The van der Waals surface area contributed by atoms with Gasteiger partial charge in [0.1, 0.15) is 12.8 Å². The summed E-state index contributed by atoms with van der Waals surface area (Å²) in [7, 11) is -4.36. The number of aliphatic imine (C=N–C) groups is 1. The molecule has 0 bridgehead atoms. The Hall–Kier alpha value is -5.21. The highest BCUT2D eigenvalue weighted by Gasteiger charge is 2.36. The number of aliphatic carboxylic acids is 1. The third-order valence-electron chi connectivity index (χ3n) is 6.21. The Morgan fingerprint density at radius 3 is 2.28 bits per heavy atom. The monoisotopic (exact) mass is 605 g/mol. The number of sulfonamides is 1. The zero-order chi connectivity index (χ0) is 31.1. The highest BCUT2D eigenvalue weighted by Crippen LogP contribution is 2.28. The molecule has 1 aliphatic rings. The van der Waals surface area contributed by atoms with Crippen molar-refractivity contribution in [3.63, 3.8) is 0 Å². The molecule has 4 rings (SSSR count). The number of hydrogen-bond acceptors (Lipinski definition) is 8. The summed E-state index contributed by atoms with van der Waals surface area (Å²) in [6, 6.07) is 19.2. The lowest BCUT2D eigenvalue weighted by Gasteiger charge is -2.25. The lowest BCUT2D eigenvalue weighted by Crippen LogP contribution is -2.51. The van der Waals surface area contributed by atoms with Crippen LogP contribution in [0.2, 0.25) is 0 Å². The molecule has 0 aliphatic carbocycles. The Morgan fingerprint density at radius 2 is 1.65 bits per heavy atom. The van der Waals surface area contributed by atoms with E-state index in [-0.39, 0.29) is 28.5 Å². The first kappa shape index (κ1) is 30.7. The summed E-state index contributed by atoms with van der Waals surface area (Å²) in [5.74, 6) is -3.39. The number of fused-ring (bicyclic) bond motifs is 1. The number of benzene rings is 3. The van der Waals surface area contributed by atoms with Crippen molar-refractivity contribution in [1.82, 2.24) is 10.0 Å². The average molecular weight is 606 g/mol. The van der Waals surface area contributed by atoms with E-state index in [1.807, 2.05) is 0 Å². The summed E-state index contributed by atoms with van der Waals surface area (Å²) in [5, 5.41) is 13.8. The molecule has 4 N–H and O–H groups in total. The number of rotatable bonds is 11. The van der Waals surface area contributed by atoms with Crippen molar-refractivity contribution in [2.45, 2.75) is 30.4 Å². The molecule has 1 aliphatic heterocycles. The van der Waals surface area contributed by atoms with Crippen molar-refractivity contribution in [2.24, 2.45) is 4.99 Å². The van der Waals surface area contributed by atoms with Gasteiger partial charge in [-0.25, -0.2) is 8.42 Å². The van der Waals surface area contributed by atoms with Gasteiger partial charge >= 0.3 is 5.97 Å². The molecule has 0 fully saturated rings. The van der Waals surface area contributed by atoms with Crippen LogP contribution in [0.25, 0.3) is 0 Å². The Balaban J connectivity index is 1.74. The lowest BCUT2D eigenvalue weighted by molar-refractivity contribution is -0.139. The SMILES string of the molecule is CC(=O)Nc1ccc(S(=O)(=O)NC2N=C(c3ccccc3)c3ccccc3N(CC(=O)NC(C=O)CC(=O)O)C2=O)cc1. The molecule has 0 saturated heterocycles. The summed E-state index contributed by atoms with van der Waals surface area (Å²) in [4.78, 5) is 65.9. The predicted octanol–water partition coefficient (Wildman–Crippen LogP) is 1.29. The van der Waals surface area contributed by atoms with Gasteiger partial charge in [0, 0.05) is 23.7 Å². The van der Waals surface area contributed by atoms with Gasteiger partial charge in [-0.2, -0.15) is 4.72 Å². The van der Waals surface area contributed by atoms with Crippen LogP contribution >= 0.6 is 0 Å². The van der Waals surface area contributed by atoms with E-state index in [2.05, 4.69) is 20.3 Å². The van der Waals surface area contributed by atoms with Crippen molar-refractivity contribution in [3.05, 3.63) is 90.0 Å². The second kappa shape index (κ2) is 13.2. The van der Waals surface area contributed by atoms with Gasteiger partial charge in [0.25, 0.3) is 5.91 Å². The van der Waals surface area contributed by atoms with Crippen LogP contribution in [-0.2, 0) is 34.0 Å². The summed E-state index contributed by atoms with van der Waals surface area (Å²) in [6.45, 7) is 0.641. The number of carbonyl (C=O) groups excluding carboxylic acids is 4. The van der Waals surface area contributed by atoms with E-state index in [1.165, 1.54) is 31.2 Å². The molecular weight excluding hydrogens is 578 g/mol. The largest absolute Gasteiger partial charge is 0.481 e. The van der Waals surface area contributed by atoms with Crippen molar-refractivity contribution in [1.29, 1.82) is 0 Å². The number of carboxylic acids is 1. The predicted molar refractivity (Wildman–Crippen MR) is 156 cm³/mol. The number of hydrogen-bond donors (Lipinski definition) is 4. The van der Waals surface area contributed by atoms with Crippen LogP contribution in [0.3, 0.4) is 0 Å². The molecule has 0 aromatic heterocycles. The van der Waals surface area contributed by atoms with Gasteiger partial charge in [0.2, 0.25) is 21.8 Å². The summed E-state index contributed by atoms with van der Waals surface area (Å²) in [6.07, 6.45) is -2.12. The molecule has 1 heterocycles. The first-order valence-electron chi connectivity index (χ1n) is 12.9. The molecule has 14 heteroatoms. The summed E-state index contributed by atoms with van der Waals surface area (Å²) >= 11 is 0. The van der Waals surface area contributed by atoms with Gasteiger partial charge in [-0.05, 0) is 30.3 Å². The molecule has 3 amide bonds. The Morgan fingerprint density at radius 1 is 1.00 bits per heavy atom. The average Bonchev–Trinajstić information content (AvgIpc) is 3.07. The Kier molecular flexibility index (Phi) is 9.42. The molecule has 0 saturated carbocycles. The number of amides is 3. The molecule has 0 radical (unpaired) electrons. The van der Waals surface area contributed by atoms with E-state index in [9.17, 15) is 32.4 Å². The molecule has 2 unspecified atom stereocenters. The minimum Gasteiger partial charge on any atom is -0.481 e. The summed E-state index contributed by atoms with van der Waals surface area (Å²) < 4.78 is 29.1. The second-order valence-electron chi connectivity index (χ2n) is 9.42. The number of aldehydes is 1. The van der Waals surface area contributed by atoms with Gasteiger partial charge in [-0.15, -0.1) is 0 Å². The zero-order valence-electron chi connectivity index (χ0n) is 22.8. The number of carboxylic acid groups (broad SMARTS) is 1. The van der Waals surface area contributed by atoms with E-state index in [0.29, 0.717) is 16.8 Å². The van der Waals surface area contributed by atoms with Crippen LogP contribution in [0, 0.1) is 0 Å². The molecule has 3 aromatic rings. The molecular formula is C29H27N5O8S. The number of nitrogens with one attached hydrogen (secondary N) is 3. The summed E-state index contributed by atoms with van der Waals surface area (Å²) in [5.41, 5.74) is 1.88. The van der Waals surface area contributed by atoms with E-state index in [4.69, 9.17) is 5.11 Å². The van der Waals surface area contributed by atoms with Crippen LogP contribution in [0.15, 0.2) is 88.8 Å². The van der Waals surface area contributed by atoms with Gasteiger partial charge in [-0.1, -0.05) is 48.5 Å². The fourth-order valence-electron chi connectivity index (χ4n) is 4.35. The molecule has 43 heavy (non-hydrogen) atoms. The van der Waals surface area contributed by atoms with Crippen LogP contribution in [0.1, 0.15) is 24.5 Å². The van der Waals surface area contributed by atoms with Crippen molar-refractivity contribution in [3.8, 4) is 0 Å². The molecule has 13 nitrogen and oxygen atoms in total. The number of para-hydroxylation sites is 1. The van der Waals surface area contributed by atoms with Gasteiger partial charge < -0.3 is 20.5 Å². The molecule has 2 atom stereocenters. The fourth-order valence-corrected chi connectivity index (χ4v) is 5.43. The Labute approximate surface area is 246 Å². The fraction of sp³-hybridized carbons (Fsp3) is 0.172. The van der Waals surface area contributed by atoms with E-state index in [1.54, 1.807) is 54.6 Å². The maximum atomic E-state index is 13.9. The highest BCUT2D eigenvalue weighted by atomic mass is 32.2. The van der Waals surface area contributed by atoms with E-state index < -0.39 is 53.0 Å². The quantitative estimate of drug-likeness (QED) is 0.235. The minimum atomic E-state index is -4.36. The standard InChI is InChI=1S/C29H27N5O8S/c1-18(36)30-20-11-13-22(14-12-20)43(41,42)33-28-29(40)34(16-25(37)31-21(17-35)15-26(38)39)24-10-6-5-9-23(24)27(32-28)19-7-3-2-4-8-19/h2-14,17,21,28,33H,15-16H2,1H3,(H,30,36)(H,31,37)(H,38,39). The van der Waals surface area contributed by atoms with Crippen molar-refractivity contribution in [2.75, 3.05) is 16.8 Å². The lowest BCUT2D eigenvalue weighted by atomic mass is 10.0. The topological polar surface area (TPSA) is 191 Å². The number of anilines is 2. The number of carbonyl (C=O) groups is 5. The Bertz CT molecular complexity index is 1690. The van der Waals surface area contributed by atoms with Gasteiger partial charge in [0.15, 0.2) is 6.17 Å². The maximum absolute atomic E-state index is 13.9. The third kappa shape index (κ3) is 7.55. The van der Waals surface area contributed by atoms with Gasteiger partial charge in [-0.3, -0.25) is 29.1 Å². The second-order valence-corrected chi connectivity index (χ2v) is 11.1. The van der Waals surface area contributed by atoms with Crippen LogP contribution in [-0.4, -0.2) is 68.0 Å². The minimum absolute atomic E-state index is 0.209. The first-order chi connectivity index (χ1) is 20.5. The first-order valence-corrected chi connectivity index (χ1v) is 14.4.